The van der Waals surface area contributed by atoms with E-state index in [2.05, 4.69) is 58.9 Å². The Kier molecular flexibility index (Phi) is 4.36. The first-order valence-electron chi connectivity index (χ1n) is 8.52. The Morgan fingerprint density at radius 2 is 2.04 bits per heavy atom. The van der Waals surface area contributed by atoms with Crippen LogP contribution in [0, 0.1) is 0 Å². The van der Waals surface area contributed by atoms with Crippen LogP contribution in [-0.4, -0.2) is 16.2 Å². The molecule has 4 nitrogen and oxygen atoms in total. The highest BCUT2D eigenvalue weighted by molar-refractivity contribution is 5.78. The maximum absolute atomic E-state index is 5.62. The third-order valence-electron chi connectivity index (χ3n) is 4.21. The molecule has 2 heterocycles. The van der Waals surface area contributed by atoms with E-state index in [0.717, 1.165) is 46.4 Å². The summed E-state index contributed by atoms with van der Waals surface area (Å²) in [5.74, 6) is 0. The number of hydrogen-bond acceptors (Lipinski definition) is 3. The molecule has 0 N–H and O–H groups in total. The van der Waals surface area contributed by atoms with Crippen molar-refractivity contribution < 1.29 is 9.15 Å². The van der Waals surface area contributed by atoms with Crippen molar-refractivity contribution in [1.29, 1.82) is 0 Å². The maximum atomic E-state index is 5.62. The zero-order valence-corrected chi connectivity index (χ0v) is 14.2. The van der Waals surface area contributed by atoms with E-state index in [4.69, 9.17) is 9.15 Å². The third-order valence-corrected chi connectivity index (χ3v) is 4.21. The molecule has 0 spiro atoms. The summed E-state index contributed by atoms with van der Waals surface area (Å²) in [4.78, 5) is 4.57. The first kappa shape index (κ1) is 15.7. The van der Waals surface area contributed by atoms with Crippen LogP contribution < -0.4 is 0 Å². The van der Waals surface area contributed by atoms with E-state index < -0.39 is 0 Å². The van der Waals surface area contributed by atoms with Crippen LogP contribution in [0.4, 0.5) is 0 Å². The van der Waals surface area contributed by atoms with E-state index in [-0.39, 0.29) is 0 Å². The lowest BCUT2D eigenvalue weighted by molar-refractivity contribution is 0.121. The molecule has 0 bridgehead atoms. The molecule has 4 heteroatoms. The van der Waals surface area contributed by atoms with Gasteiger partial charge in [-0.15, -0.1) is 0 Å². The van der Waals surface area contributed by atoms with Crippen molar-refractivity contribution in [2.45, 2.75) is 20.0 Å². The quantitative estimate of drug-likeness (QED) is 0.455. The van der Waals surface area contributed by atoms with E-state index >= 15 is 0 Å². The van der Waals surface area contributed by atoms with Gasteiger partial charge in [0.1, 0.15) is 6.33 Å². The predicted molar refractivity (Wildman–Crippen MR) is 98.7 cm³/mol. The summed E-state index contributed by atoms with van der Waals surface area (Å²) in [5.41, 5.74) is 6.49. The molecule has 0 aliphatic heterocycles. The Hall–Kier alpha value is -2.85. The Labute approximate surface area is 146 Å². The van der Waals surface area contributed by atoms with Gasteiger partial charge in [-0.05, 0) is 47.9 Å². The van der Waals surface area contributed by atoms with Crippen LogP contribution in [0.25, 0.3) is 27.8 Å². The van der Waals surface area contributed by atoms with Crippen molar-refractivity contribution in [2.24, 2.45) is 0 Å². The van der Waals surface area contributed by atoms with Gasteiger partial charge in [-0.3, -0.25) is 4.57 Å². The molecule has 0 unspecified atom stereocenters. The summed E-state index contributed by atoms with van der Waals surface area (Å²) in [6, 6.07) is 16.6. The number of fused-ring (bicyclic) bond motifs is 1. The van der Waals surface area contributed by atoms with Crippen molar-refractivity contribution in [3.05, 3.63) is 72.9 Å². The third kappa shape index (κ3) is 3.21. The molecule has 0 fully saturated rings. The van der Waals surface area contributed by atoms with Gasteiger partial charge in [0.05, 0.1) is 30.2 Å². The highest BCUT2D eigenvalue weighted by Gasteiger charge is 2.07. The summed E-state index contributed by atoms with van der Waals surface area (Å²) in [5, 5.41) is 0. The van der Waals surface area contributed by atoms with Gasteiger partial charge in [-0.2, -0.15) is 0 Å². The van der Waals surface area contributed by atoms with E-state index in [1.165, 1.54) is 0 Å². The van der Waals surface area contributed by atoms with Gasteiger partial charge < -0.3 is 9.15 Å². The van der Waals surface area contributed by atoms with Crippen LogP contribution >= 0.6 is 0 Å². The molecule has 4 rings (SSSR count). The average molecular weight is 332 g/mol. The van der Waals surface area contributed by atoms with Crippen molar-refractivity contribution in [3.63, 3.8) is 0 Å². The van der Waals surface area contributed by atoms with Crippen molar-refractivity contribution in [2.75, 3.05) is 6.61 Å². The number of furan rings is 1. The van der Waals surface area contributed by atoms with Crippen LogP contribution in [-0.2, 0) is 11.3 Å². The number of imidazole rings is 1. The highest BCUT2D eigenvalue weighted by atomic mass is 16.5. The minimum Gasteiger partial charge on any atom is -0.472 e. The fraction of sp³-hybridized carbons (Fsp3) is 0.190. The molecule has 0 saturated heterocycles. The summed E-state index contributed by atoms with van der Waals surface area (Å²) in [7, 11) is 0. The number of rotatable bonds is 6. The predicted octanol–water partition coefficient (Wildman–Crippen LogP) is 5.21. The largest absolute Gasteiger partial charge is 0.472 e. The van der Waals surface area contributed by atoms with Crippen molar-refractivity contribution >= 4 is 11.0 Å². The van der Waals surface area contributed by atoms with Gasteiger partial charge in [0, 0.05) is 17.9 Å². The fourth-order valence-corrected chi connectivity index (χ4v) is 2.95. The lowest BCUT2D eigenvalue weighted by Crippen LogP contribution is -1.95. The second-order valence-electron chi connectivity index (χ2n) is 6.05. The van der Waals surface area contributed by atoms with Crippen molar-refractivity contribution in [3.8, 4) is 16.8 Å². The minimum atomic E-state index is 0.632. The maximum Gasteiger partial charge on any atom is 0.100 e. The number of benzene rings is 2. The Bertz CT molecular complexity index is 971. The Morgan fingerprint density at radius 1 is 1.08 bits per heavy atom. The van der Waals surface area contributed by atoms with Gasteiger partial charge in [0.25, 0.3) is 0 Å². The molecule has 25 heavy (non-hydrogen) atoms. The van der Waals surface area contributed by atoms with E-state index in [1.54, 1.807) is 12.5 Å². The molecule has 0 radical (unpaired) electrons. The Balaban J connectivity index is 1.67. The monoisotopic (exact) mass is 332 g/mol. The molecule has 0 aliphatic rings. The summed E-state index contributed by atoms with van der Waals surface area (Å²) in [6.07, 6.45) is 6.35. The first-order chi connectivity index (χ1) is 12.3. The molecule has 0 atom stereocenters. The van der Waals surface area contributed by atoms with Gasteiger partial charge in [0.2, 0.25) is 0 Å². The Morgan fingerprint density at radius 3 is 2.88 bits per heavy atom. The molecular formula is C21H20N2O2. The number of ether oxygens (including phenoxy) is 1. The SMILES string of the molecule is CCCOCc1ccc2c(c1)ncn2-c1cccc(-c2ccoc2)c1. The zero-order valence-electron chi connectivity index (χ0n) is 14.2. The second-order valence-corrected chi connectivity index (χ2v) is 6.05. The van der Waals surface area contributed by atoms with E-state index in [0.29, 0.717) is 6.61 Å². The first-order valence-corrected chi connectivity index (χ1v) is 8.52. The van der Waals surface area contributed by atoms with Crippen LogP contribution in [0.15, 0.2) is 71.8 Å². The summed E-state index contributed by atoms with van der Waals surface area (Å²) in [6.45, 7) is 3.53. The van der Waals surface area contributed by atoms with Crippen LogP contribution in [0.3, 0.4) is 0 Å². The molecule has 0 aliphatic carbocycles. The molecule has 126 valence electrons. The van der Waals surface area contributed by atoms with Crippen LogP contribution in [0.2, 0.25) is 0 Å². The van der Waals surface area contributed by atoms with Crippen LogP contribution in [0.5, 0.6) is 0 Å². The molecule has 4 aromatic rings. The van der Waals surface area contributed by atoms with Crippen LogP contribution in [0.1, 0.15) is 18.9 Å². The topological polar surface area (TPSA) is 40.2 Å². The number of nitrogens with zero attached hydrogens (tertiary/aromatic N) is 2. The fourth-order valence-electron chi connectivity index (χ4n) is 2.95. The minimum absolute atomic E-state index is 0.632. The molecular weight excluding hydrogens is 312 g/mol. The van der Waals surface area contributed by atoms with Gasteiger partial charge in [-0.25, -0.2) is 4.98 Å². The number of hydrogen-bond donors (Lipinski definition) is 0. The van der Waals surface area contributed by atoms with Gasteiger partial charge in [0.15, 0.2) is 0 Å². The highest BCUT2D eigenvalue weighted by Crippen LogP contribution is 2.25. The number of aromatic nitrogens is 2. The van der Waals surface area contributed by atoms with Gasteiger partial charge in [-0.1, -0.05) is 25.1 Å². The molecule has 0 amide bonds. The smallest absolute Gasteiger partial charge is 0.100 e. The summed E-state index contributed by atoms with van der Waals surface area (Å²) < 4.78 is 12.9. The molecule has 2 aromatic carbocycles. The lowest BCUT2D eigenvalue weighted by atomic mass is 10.1. The second kappa shape index (κ2) is 6.95. The zero-order chi connectivity index (χ0) is 17.1. The lowest BCUT2D eigenvalue weighted by Gasteiger charge is -2.07. The average Bonchev–Trinajstić information content (AvgIpc) is 3.32. The van der Waals surface area contributed by atoms with Crippen molar-refractivity contribution in [1.82, 2.24) is 9.55 Å². The van der Waals surface area contributed by atoms with E-state index in [1.807, 2.05) is 12.4 Å². The van der Waals surface area contributed by atoms with Gasteiger partial charge >= 0.3 is 0 Å². The standard InChI is InChI=1S/C21H20N2O2/c1-2-9-24-13-16-6-7-21-20(11-16)22-15-23(21)19-5-3-4-17(12-19)18-8-10-25-14-18/h3-8,10-12,14-15H,2,9,13H2,1H3. The summed E-state index contributed by atoms with van der Waals surface area (Å²) >= 11 is 0. The normalized spacial score (nSPS) is 11.2. The molecule has 2 aromatic heterocycles. The van der Waals surface area contributed by atoms with E-state index in [9.17, 15) is 0 Å². The molecule has 0 saturated carbocycles.